The zero-order valence-corrected chi connectivity index (χ0v) is 11.7. The lowest BCUT2D eigenvalue weighted by Gasteiger charge is -2.10. The van der Waals surface area contributed by atoms with E-state index in [-0.39, 0.29) is 0 Å². The first-order valence-corrected chi connectivity index (χ1v) is 6.19. The molecule has 0 saturated carbocycles. The van der Waals surface area contributed by atoms with Gasteiger partial charge in [0, 0.05) is 23.7 Å². The van der Waals surface area contributed by atoms with E-state index < -0.39 is 0 Å². The Morgan fingerprint density at radius 3 is 2.28 bits per heavy atom. The Labute approximate surface area is 109 Å². The molecule has 2 heterocycles. The number of aryl methyl sites for hydroxylation is 3. The molecule has 2 aromatic heterocycles. The second-order valence-electron chi connectivity index (χ2n) is 3.78. The van der Waals surface area contributed by atoms with Crippen LogP contribution in [0.25, 0.3) is 0 Å². The molecule has 0 fully saturated rings. The van der Waals surface area contributed by atoms with Crippen LogP contribution in [0.15, 0.2) is 30.6 Å². The van der Waals surface area contributed by atoms with Crippen molar-refractivity contribution in [2.75, 3.05) is 0 Å². The highest BCUT2D eigenvalue weighted by molar-refractivity contribution is 5.37. The zero-order valence-electron chi connectivity index (χ0n) is 11.7. The summed E-state index contributed by atoms with van der Waals surface area (Å²) in [7, 11) is 0. The quantitative estimate of drug-likeness (QED) is 0.793. The van der Waals surface area contributed by atoms with Gasteiger partial charge in [-0.2, -0.15) is 0 Å². The van der Waals surface area contributed by atoms with Crippen molar-refractivity contribution in [3.63, 3.8) is 0 Å². The maximum Gasteiger partial charge on any atom is 0.148 e. The first kappa shape index (κ1) is 14.2. The summed E-state index contributed by atoms with van der Waals surface area (Å²) >= 11 is 0. The fraction of sp³-hybridized carbons (Fsp3) is 0.333. The Balaban J connectivity index is 0.000000771. The van der Waals surface area contributed by atoms with Gasteiger partial charge in [-0.05, 0) is 39.0 Å². The summed E-state index contributed by atoms with van der Waals surface area (Å²) in [6, 6.07) is 5.74. The molecule has 0 aliphatic rings. The molecule has 3 nitrogen and oxygen atoms in total. The van der Waals surface area contributed by atoms with Gasteiger partial charge < -0.3 is 4.74 Å². The summed E-state index contributed by atoms with van der Waals surface area (Å²) in [5, 5.41) is 0. The molecule has 3 heteroatoms. The van der Waals surface area contributed by atoms with Gasteiger partial charge in [-0.3, -0.25) is 9.97 Å². The van der Waals surface area contributed by atoms with E-state index in [1.165, 1.54) is 0 Å². The van der Waals surface area contributed by atoms with Gasteiger partial charge in [0.15, 0.2) is 0 Å². The van der Waals surface area contributed by atoms with E-state index in [9.17, 15) is 0 Å². The first-order chi connectivity index (χ1) is 8.66. The third kappa shape index (κ3) is 3.55. The monoisotopic (exact) mass is 244 g/mol. The molecular weight excluding hydrogens is 224 g/mol. The van der Waals surface area contributed by atoms with Crippen molar-refractivity contribution in [1.82, 2.24) is 9.97 Å². The van der Waals surface area contributed by atoms with Crippen LogP contribution < -0.4 is 4.74 Å². The predicted octanol–water partition coefficient (Wildman–Crippen LogP) is 4.22. The minimum atomic E-state index is 0.792. The van der Waals surface area contributed by atoms with Gasteiger partial charge in [-0.1, -0.05) is 13.8 Å². The van der Waals surface area contributed by atoms with Crippen LogP contribution in [0.1, 0.15) is 30.8 Å². The number of nitrogens with zero attached hydrogens (tertiary/aromatic N) is 2. The Bertz CT molecular complexity index is 510. The maximum atomic E-state index is 5.79. The zero-order chi connectivity index (χ0) is 13.5. The van der Waals surface area contributed by atoms with Gasteiger partial charge >= 0.3 is 0 Å². The Morgan fingerprint density at radius 1 is 0.944 bits per heavy atom. The molecule has 0 atom stereocenters. The molecule has 0 unspecified atom stereocenters. The van der Waals surface area contributed by atoms with E-state index in [4.69, 9.17) is 4.74 Å². The number of aromatic nitrogens is 2. The molecule has 0 N–H and O–H groups in total. The van der Waals surface area contributed by atoms with Gasteiger partial charge in [-0.15, -0.1) is 0 Å². The molecule has 0 aliphatic heterocycles. The molecule has 96 valence electrons. The number of ether oxygens (including phenoxy) is 1. The molecule has 0 bridgehead atoms. The smallest absolute Gasteiger partial charge is 0.148 e. The van der Waals surface area contributed by atoms with E-state index in [0.717, 1.165) is 28.5 Å². The molecule has 0 amide bonds. The fourth-order valence-electron chi connectivity index (χ4n) is 1.48. The van der Waals surface area contributed by atoms with Crippen molar-refractivity contribution in [3.8, 4) is 11.5 Å². The highest BCUT2D eigenvalue weighted by atomic mass is 16.5. The molecule has 2 rings (SSSR count). The molecular formula is C15H20N2O. The summed E-state index contributed by atoms with van der Waals surface area (Å²) in [4.78, 5) is 8.39. The van der Waals surface area contributed by atoms with E-state index >= 15 is 0 Å². The van der Waals surface area contributed by atoms with Crippen LogP contribution in [0.3, 0.4) is 0 Å². The summed E-state index contributed by atoms with van der Waals surface area (Å²) in [6.45, 7) is 9.88. The lowest BCUT2D eigenvalue weighted by Crippen LogP contribution is -1.93. The highest BCUT2D eigenvalue weighted by Crippen LogP contribution is 2.25. The average molecular weight is 244 g/mol. The van der Waals surface area contributed by atoms with Gasteiger partial charge in [0.25, 0.3) is 0 Å². The van der Waals surface area contributed by atoms with E-state index in [0.29, 0.717) is 0 Å². The van der Waals surface area contributed by atoms with Crippen molar-refractivity contribution < 1.29 is 4.74 Å². The number of hydrogen-bond donors (Lipinski definition) is 0. The summed E-state index contributed by atoms with van der Waals surface area (Å²) < 4.78 is 5.79. The standard InChI is InChI=1S/C13H14N2O.C2H6/c1-9-8-14-7-6-12(9)16-13-5-4-10(2)15-11(13)3;1-2/h4-8H,1-3H3;1-2H3. The summed E-state index contributed by atoms with van der Waals surface area (Å²) in [6.07, 6.45) is 3.51. The van der Waals surface area contributed by atoms with Crippen LogP contribution in [0.2, 0.25) is 0 Å². The Hall–Kier alpha value is -1.90. The van der Waals surface area contributed by atoms with Crippen LogP contribution >= 0.6 is 0 Å². The van der Waals surface area contributed by atoms with E-state index in [1.54, 1.807) is 12.4 Å². The van der Waals surface area contributed by atoms with Crippen molar-refractivity contribution in [1.29, 1.82) is 0 Å². The molecule has 0 radical (unpaired) electrons. The molecule has 2 aromatic rings. The van der Waals surface area contributed by atoms with Crippen LogP contribution in [0.5, 0.6) is 11.5 Å². The minimum Gasteiger partial charge on any atom is -0.455 e. The van der Waals surface area contributed by atoms with Crippen molar-refractivity contribution in [2.24, 2.45) is 0 Å². The van der Waals surface area contributed by atoms with Crippen LogP contribution in [0, 0.1) is 20.8 Å². The maximum absolute atomic E-state index is 5.79. The van der Waals surface area contributed by atoms with Gasteiger partial charge in [0.2, 0.25) is 0 Å². The summed E-state index contributed by atoms with van der Waals surface area (Å²) in [5.74, 6) is 1.61. The third-order valence-electron chi connectivity index (χ3n) is 2.37. The van der Waals surface area contributed by atoms with Gasteiger partial charge in [0.1, 0.15) is 11.5 Å². The lowest BCUT2D eigenvalue weighted by molar-refractivity contribution is 0.471. The Kier molecular flexibility index (Phi) is 5.31. The molecule has 18 heavy (non-hydrogen) atoms. The number of pyridine rings is 2. The highest BCUT2D eigenvalue weighted by Gasteiger charge is 2.04. The van der Waals surface area contributed by atoms with Crippen molar-refractivity contribution in [3.05, 3.63) is 47.5 Å². The van der Waals surface area contributed by atoms with E-state index in [1.807, 2.05) is 52.8 Å². The fourth-order valence-corrected chi connectivity index (χ4v) is 1.48. The first-order valence-electron chi connectivity index (χ1n) is 6.19. The van der Waals surface area contributed by atoms with Crippen molar-refractivity contribution >= 4 is 0 Å². The second-order valence-corrected chi connectivity index (χ2v) is 3.78. The van der Waals surface area contributed by atoms with E-state index in [2.05, 4.69) is 9.97 Å². The molecule has 0 aliphatic carbocycles. The molecule has 0 saturated heterocycles. The van der Waals surface area contributed by atoms with Gasteiger partial charge in [-0.25, -0.2) is 0 Å². The van der Waals surface area contributed by atoms with Crippen LogP contribution in [-0.4, -0.2) is 9.97 Å². The van der Waals surface area contributed by atoms with Gasteiger partial charge in [0.05, 0.1) is 5.69 Å². The lowest BCUT2D eigenvalue weighted by atomic mass is 10.2. The summed E-state index contributed by atoms with van der Waals surface area (Å²) in [5.41, 5.74) is 2.91. The Morgan fingerprint density at radius 2 is 1.67 bits per heavy atom. The topological polar surface area (TPSA) is 35.0 Å². The third-order valence-corrected chi connectivity index (χ3v) is 2.37. The van der Waals surface area contributed by atoms with Crippen LogP contribution in [-0.2, 0) is 0 Å². The molecule has 0 aromatic carbocycles. The SMILES string of the molecule is CC.Cc1ccc(Oc2ccncc2C)c(C)n1. The van der Waals surface area contributed by atoms with Crippen molar-refractivity contribution in [2.45, 2.75) is 34.6 Å². The number of hydrogen-bond acceptors (Lipinski definition) is 3. The van der Waals surface area contributed by atoms with Crippen LogP contribution in [0.4, 0.5) is 0 Å². The minimum absolute atomic E-state index is 0.792. The normalized spacial score (nSPS) is 9.39. The largest absolute Gasteiger partial charge is 0.455 e. The second kappa shape index (κ2) is 6.74. The number of rotatable bonds is 2. The molecule has 0 spiro atoms. The average Bonchev–Trinajstić information content (AvgIpc) is 2.38. The predicted molar refractivity (Wildman–Crippen MR) is 74.1 cm³/mol.